The molecule has 2 bridgehead atoms. The smallest absolute Gasteiger partial charge is 0.243 e. The highest BCUT2D eigenvalue weighted by Crippen LogP contribution is 2.63. The lowest BCUT2D eigenvalue weighted by Gasteiger charge is -2.56. The molecule has 3 aromatic carbocycles. The van der Waals surface area contributed by atoms with Gasteiger partial charge >= 0.3 is 0 Å². The first-order valence-electron chi connectivity index (χ1n) is 25.0. The molecule has 2 fully saturated rings. The van der Waals surface area contributed by atoms with Crippen molar-refractivity contribution in [1.82, 2.24) is 10.6 Å². The number of nitrogens with two attached hydrogens (primary N) is 1. The van der Waals surface area contributed by atoms with Gasteiger partial charge in [0, 0.05) is 24.3 Å². The minimum absolute atomic E-state index is 0.0371. The molecule has 0 aromatic heterocycles. The molecule has 2 aliphatic heterocycles. The number of aliphatic hydroxyl groups is 5. The first-order chi connectivity index (χ1) is 32.9. The van der Waals surface area contributed by atoms with Crippen LogP contribution in [0.4, 0.5) is 0 Å². The van der Waals surface area contributed by atoms with Crippen molar-refractivity contribution in [2.24, 2.45) is 28.9 Å². The SMILES string of the molecule is C=C(/C=C/C=C(/CO)[C@H]1CC[C@@]2([C@@H]3CC[C@H](O)Cc4cccc(c4)C[C@H](Cc4ccc(O)cc4)[C@H](O)CN[C@H]4C(=O)N[C@@H](N)c5cccc(c54)CC(=O)/C(C)=C/3CC[C@@]2(C)O)[C@@H]1O)CCC=C(C)C. The zero-order valence-corrected chi connectivity index (χ0v) is 41.0. The molecule has 11 nitrogen and oxygen atoms in total. The molecule has 2 saturated carbocycles. The number of fused-ring (bicyclic) bond motifs is 4. The van der Waals surface area contributed by atoms with Gasteiger partial charge in [0.1, 0.15) is 18.0 Å². The fourth-order valence-corrected chi connectivity index (χ4v) is 12.1. The number of aromatic hydroxyl groups is 1. The third-order valence-electron chi connectivity index (χ3n) is 15.9. The highest BCUT2D eigenvalue weighted by molar-refractivity contribution is 5.98. The minimum atomic E-state index is -1.34. The number of nitrogens with one attached hydrogen (secondary N) is 2. The van der Waals surface area contributed by atoms with Crippen molar-refractivity contribution in [1.29, 1.82) is 0 Å². The standard InChI is InChI=1S/C58H75N3O8/c1-35(2)10-6-11-36(3)12-7-16-42(34-62)47-25-27-58(54(47)67)49-23-22-45(64)31-40-14-8-13-39(28-40)30-43(29-38-18-20-44(63)21-19-38)51(66)33-60-53-52-41(15-9-17-48(52)55(59)61-56(53)68)32-50(65)37(4)46(49)24-26-57(58,5)69/h7-10,12-21,28,43,45,47,49,51,53-55,60,62-64,66-67,69H,3,6,11,22-27,29-34,59H2,1-2,4-5H3,(H,61,68)/b12-7+,42-16-,46-37+/t43-,45-,47+,49+,51+,53+,54+,55+,57+,58+/m0/s1. The number of Topliss-reactive ketones (excluding diaryl/α,β-unsaturated/α-hetero) is 1. The Balaban J connectivity index is 1.28. The van der Waals surface area contributed by atoms with Crippen LogP contribution < -0.4 is 16.4 Å². The molecule has 0 radical (unpaired) electrons. The Labute approximate surface area is 408 Å². The second-order valence-corrected chi connectivity index (χ2v) is 20.8. The van der Waals surface area contributed by atoms with Crippen molar-refractivity contribution in [3.8, 4) is 5.75 Å². The summed E-state index contributed by atoms with van der Waals surface area (Å²) in [7, 11) is 0. The van der Waals surface area contributed by atoms with E-state index in [0.29, 0.717) is 85.6 Å². The Morgan fingerprint density at radius 3 is 2.41 bits per heavy atom. The molecule has 69 heavy (non-hydrogen) atoms. The third kappa shape index (κ3) is 11.6. The van der Waals surface area contributed by atoms with Crippen LogP contribution in [0.25, 0.3) is 0 Å². The van der Waals surface area contributed by atoms with Gasteiger partial charge in [-0.2, -0.15) is 0 Å². The van der Waals surface area contributed by atoms with Crippen LogP contribution in [0.15, 0.2) is 125 Å². The molecule has 1 spiro atoms. The zero-order chi connectivity index (χ0) is 49.6. The molecule has 4 aliphatic rings. The van der Waals surface area contributed by atoms with Crippen LogP contribution in [0, 0.1) is 23.2 Å². The summed E-state index contributed by atoms with van der Waals surface area (Å²) in [5.74, 6) is -1.63. The van der Waals surface area contributed by atoms with Gasteiger partial charge in [-0.15, -0.1) is 0 Å². The first-order valence-corrected chi connectivity index (χ1v) is 25.0. The van der Waals surface area contributed by atoms with E-state index in [4.69, 9.17) is 5.73 Å². The number of hydrogen-bond donors (Lipinski definition) is 9. The van der Waals surface area contributed by atoms with Crippen molar-refractivity contribution < 1.29 is 40.2 Å². The van der Waals surface area contributed by atoms with E-state index in [9.17, 15) is 40.2 Å². The highest BCUT2D eigenvalue weighted by Gasteiger charge is 2.64. The maximum atomic E-state index is 14.9. The summed E-state index contributed by atoms with van der Waals surface area (Å²) in [4.78, 5) is 28.8. The van der Waals surface area contributed by atoms with Crippen molar-refractivity contribution in [3.63, 3.8) is 0 Å². The number of benzene rings is 3. The second kappa shape index (κ2) is 22.4. The molecule has 0 saturated heterocycles. The summed E-state index contributed by atoms with van der Waals surface area (Å²) in [5, 5.41) is 76.3. The van der Waals surface area contributed by atoms with Crippen molar-refractivity contribution in [2.75, 3.05) is 13.2 Å². The summed E-state index contributed by atoms with van der Waals surface area (Å²) >= 11 is 0. The van der Waals surface area contributed by atoms with Crippen LogP contribution in [-0.4, -0.2) is 79.4 Å². The number of allylic oxidation sites excluding steroid dienone is 8. The maximum absolute atomic E-state index is 14.9. The predicted octanol–water partition coefficient (Wildman–Crippen LogP) is 7.39. The van der Waals surface area contributed by atoms with Gasteiger partial charge in [0.15, 0.2) is 5.78 Å². The first kappa shape index (κ1) is 51.9. The molecular weight excluding hydrogens is 867 g/mol. The average Bonchev–Trinajstić information content (AvgIpc) is 3.65. The molecular formula is C58H75N3O8. The fraction of sp³-hybridized carbons (Fsp3) is 0.483. The molecule has 11 heteroatoms. The molecule has 2 heterocycles. The van der Waals surface area contributed by atoms with Gasteiger partial charge in [0.25, 0.3) is 0 Å². The van der Waals surface area contributed by atoms with Crippen LogP contribution in [0.2, 0.25) is 0 Å². The van der Waals surface area contributed by atoms with E-state index in [1.54, 1.807) is 19.1 Å². The van der Waals surface area contributed by atoms with Gasteiger partial charge in [-0.25, -0.2) is 0 Å². The highest BCUT2D eigenvalue weighted by atomic mass is 16.3. The van der Waals surface area contributed by atoms with Crippen LogP contribution in [0.1, 0.15) is 125 Å². The van der Waals surface area contributed by atoms with Crippen molar-refractivity contribution in [2.45, 2.75) is 141 Å². The van der Waals surface area contributed by atoms with E-state index >= 15 is 0 Å². The van der Waals surface area contributed by atoms with Crippen molar-refractivity contribution >= 4 is 11.7 Å². The van der Waals surface area contributed by atoms with E-state index in [2.05, 4.69) is 43.2 Å². The zero-order valence-electron chi connectivity index (χ0n) is 41.0. The minimum Gasteiger partial charge on any atom is -0.508 e. The molecule has 370 valence electrons. The van der Waals surface area contributed by atoms with E-state index < -0.39 is 53.4 Å². The number of carbonyl (C=O) groups excluding carboxylic acids is 2. The summed E-state index contributed by atoms with van der Waals surface area (Å²) in [5.41, 5.74) is 13.1. The number of ketones is 1. The van der Waals surface area contributed by atoms with E-state index in [1.807, 2.05) is 73.7 Å². The lowest BCUT2D eigenvalue weighted by molar-refractivity contribution is -0.168. The maximum Gasteiger partial charge on any atom is 0.243 e. The van der Waals surface area contributed by atoms with Crippen LogP contribution in [0.5, 0.6) is 5.75 Å². The number of phenols is 1. The van der Waals surface area contributed by atoms with E-state index in [1.165, 1.54) is 5.57 Å². The van der Waals surface area contributed by atoms with E-state index in [-0.39, 0.29) is 42.9 Å². The average molecular weight is 942 g/mol. The van der Waals surface area contributed by atoms with Gasteiger partial charge in [-0.1, -0.05) is 102 Å². The number of rotatable bonds is 9. The normalized spacial score (nSPS) is 31.5. The monoisotopic (exact) mass is 942 g/mol. The Morgan fingerprint density at radius 1 is 0.957 bits per heavy atom. The quantitative estimate of drug-likeness (QED) is 0.0769. The summed E-state index contributed by atoms with van der Waals surface area (Å²) < 4.78 is 0. The number of aliphatic hydroxyl groups excluding tert-OH is 4. The van der Waals surface area contributed by atoms with E-state index in [0.717, 1.165) is 40.7 Å². The molecule has 1 amide bonds. The summed E-state index contributed by atoms with van der Waals surface area (Å²) in [6.45, 7) is 11.7. The molecule has 0 unspecified atom stereocenters. The summed E-state index contributed by atoms with van der Waals surface area (Å²) in [6.07, 6.45) is 9.66. The topological polar surface area (TPSA) is 206 Å². The number of hydrogen-bond acceptors (Lipinski definition) is 10. The van der Waals surface area contributed by atoms with Crippen LogP contribution >= 0.6 is 0 Å². The number of carbonyl (C=O) groups is 2. The Bertz CT molecular complexity index is 2470. The van der Waals surface area contributed by atoms with Gasteiger partial charge in [-0.05, 0) is 167 Å². The largest absolute Gasteiger partial charge is 0.508 e. The third-order valence-corrected chi connectivity index (χ3v) is 15.9. The Morgan fingerprint density at radius 2 is 1.68 bits per heavy atom. The van der Waals surface area contributed by atoms with Gasteiger partial charge < -0.3 is 41.7 Å². The lowest BCUT2D eigenvalue weighted by Crippen LogP contribution is -2.59. The predicted molar refractivity (Wildman–Crippen MR) is 271 cm³/mol. The number of phenolic OH excluding ortho intramolecular Hbond substituents is 1. The molecule has 7 rings (SSSR count). The molecule has 3 aromatic rings. The van der Waals surface area contributed by atoms with Crippen molar-refractivity contribution in [3.05, 3.63) is 159 Å². The Hall–Kier alpha value is -4.98. The van der Waals surface area contributed by atoms with Crippen LogP contribution in [0.3, 0.4) is 0 Å². The molecule has 10 atom stereocenters. The fourth-order valence-electron chi connectivity index (χ4n) is 12.1. The Kier molecular flexibility index (Phi) is 16.8. The summed E-state index contributed by atoms with van der Waals surface area (Å²) in [6, 6.07) is 19.6. The van der Waals surface area contributed by atoms with Crippen LogP contribution in [-0.2, 0) is 35.3 Å². The molecule has 10 N–H and O–H groups in total. The number of β-amino-alcohol motifs (C(OH)–C–C–N with tert-alkyl or cyclic N) is 1. The van der Waals surface area contributed by atoms with Gasteiger partial charge in [-0.3, -0.25) is 14.9 Å². The van der Waals surface area contributed by atoms with Gasteiger partial charge in [0.05, 0.1) is 30.5 Å². The lowest BCUT2D eigenvalue weighted by atomic mass is 9.52. The van der Waals surface area contributed by atoms with Gasteiger partial charge in [0.2, 0.25) is 5.91 Å². The number of amides is 1. The molecule has 2 aliphatic carbocycles. The second-order valence-electron chi connectivity index (χ2n) is 20.8.